The van der Waals surface area contributed by atoms with Crippen LogP contribution in [0.1, 0.15) is 52.7 Å². The van der Waals surface area contributed by atoms with Crippen molar-refractivity contribution in [3.63, 3.8) is 0 Å². The highest BCUT2D eigenvalue weighted by atomic mass is 28.4. The van der Waals surface area contributed by atoms with Crippen molar-refractivity contribution in [2.75, 3.05) is 0 Å². The first kappa shape index (κ1) is 41.7. The number of rotatable bonds is 14. The summed E-state index contributed by atoms with van der Waals surface area (Å²) in [6, 6.07) is 58.8. The van der Waals surface area contributed by atoms with Crippen LogP contribution in [0, 0.1) is 0 Å². The van der Waals surface area contributed by atoms with Crippen molar-refractivity contribution in [1.82, 2.24) is 0 Å². The first-order chi connectivity index (χ1) is 27.9. The summed E-state index contributed by atoms with van der Waals surface area (Å²) in [4.78, 5) is 30.3. The van der Waals surface area contributed by atoms with Gasteiger partial charge in [0.2, 0.25) is 11.5 Å². The summed E-state index contributed by atoms with van der Waals surface area (Å²) < 4.78 is 27.4. The molecule has 0 aliphatic heterocycles. The molecule has 0 aromatic heterocycles. The van der Waals surface area contributed by atoms with Crippen LogP contribution in [0.15, 0.2) is 194 Å². The Bertz CT molecular complexity index is 2030. The molecule has 0 bridgehead atoms. The zero-order valence-corrected chi connectivity index (χ0v) is 36.2. The SMILES string of the molecule is CC(C)(C)[Si](OC(C(=O)OCc1ccccc1)=C(O[Si](c1ccccc1)(c1ccccc1)C(C)(C)C)C(=O)OCc1ccccc1)(c1ccccc1)c1ccccc1. The average Bonchev–Trinajstić information content (AvgIpc) is 3.24. The number of hydrogen-bond donors (Lipinski definition) is 0. The van der Waals surface area contributed by atoms with Crippen molar-refractivity contribution in [2.45, 2.75) is 64.8 Å². The van der Waals surface area contributed by atoms with Crippen LogP contribution >= 0.6 is 0 Å². The van der Waals surface area contributed by atoms with E-state index in [1.807, 2.05) is 182 Å². The Balaban J connectivity index is 1.68. The molecule has 0 spiro atoms. The third-order valence-corrected chi connectivity index (χ3v) is 20.2. The molecule has 6 aromatic rings. The quantitative estimate of drug-likeness (QED) is 0.0475. The molecule has 0 unspecified atom stereocenters. The Kier molecular flexibility index (Phi) is 13.0. The largest absolute Gasteiger partial charge is 0.526 e. The third kappa shape index (κ3) is 8.93. The van der Waals surface area contributed by atoms with E-state index in [9.17, 15) is 0 Å². The summed E-state index contributed by atoms with van der Waals surface area (Å²) in [7, 11) is -7.18. The lowest BCUT2D eigenvalue weighted by atomic mass is 10.2. The summed E-state index contributed by atoms with van der Waals surface area (Å²) in [5.41, 5.74) is 1.56. The maximum absolute atomic E-state index is 15.2. The number of carbonyl (C=O) groups is 2. The van der Waals surface area contributed by atoms with E-state index in [-0.39, 0.29) is 24.7 Å². The van der Waals surface area contributed by atoms with Gasteiger partial charge in [0.25, 0.3) is 0 Å². The van der Waals surface area contributed by atoms with E-state index in [1.165, 1.54) is 0 Å². The van der Waals surface area contributed by atoms with E-state index >= 15 is 9.59 Å². The molecule has 0 N–H and O–H groups in total. The molecule has 0 aliphatic rings. The lowest BCUT2D eigenvalue weighted by molar-refractivity contribution is -0.147. The van der Waals surface area contributed by atoms with Gasteiger partial charge in [0, 0.05) is 0 Å². The van der Waals surface area contributed by atoms with Crippen LogP contribution < -0.4 is 20.7 Å². The summed E-state index contributed by atoms with van der Waals surface area (Å²) in [5.74, 6) is -2.31. The zero-order valence-electron chi connectivity index (χ0n) is 34.2. The molecule has 0 saturated heterocycles. The summed E-state index contributed by atoms with van der Waals surface area (Å²) in [5, 5.41) is 2.46. The van der Waals surface area contributed by atoms with Gasteiger partial charge in [0.05, 0.1) is 0 Å². The Morgan fingerprint density at radius 1 is 0.379 bits per heavy atom. The normalized spacial score (nSPS) is 12.5. The van der Waals surface area contributed by atoms with Gasteiger partial charge in [-0.2, -0.15) is 0 Å². The predicted molar refractivity (Wildman–Crippen MR) is 237 cm³/mol. The van der Waals surface area contributed by atoms with Gasteiger partial charge >= 0.3 is 28.6 Å². The fraction of sp³-hybridized carbons (Fsp3) is 0.200. The Labute approximate surface area is 345 Å². The van der Waals surface area contributed by atoms with E-state index in [1.54, 1.807) is 0 Å². The molecule has 58 heavy (non-hydrogen) atoms. The molecule has 6 aromatic carbocycles. The van der Waals surface area contributed by atoms with Gasteiger partial charge in [-0.05, 0) is 42.0 Å². The Hall–Kier alpha value is -5.97. The topological polar surface area (TPSA) is 71.1 Å². The third-order valence-electron chi connectivity index (χ3n) is 10.3. The second kappa shape index (κ2) is 18.1. The van der Waals surface area contributed by atoms with Crippen molar-refractivity contribution in [3.8, 4) is 0 Å². The number of esters is 2. The van der Waals surface area contributed by atoms with E-state index in [0.29, 0.717) is 0 Å². The fourth-order valence-corrected chi connectivity index (χ4v) is 16.4. The molecule has 0 amide bonds. The van der Waals surface area contributed by atoms with E-state index in [2.05, 4.69) is 41.5 Å². The highest BCUT2D eigenvalue weighted by molar-refractivity contribution is 7.00. The first-order valence-electron chi connectivity index (χ1n) is 19.6. The molecule has 8 heteroatoms. The molecule has 0 heterocycles. The van der Waals surface area contributed by atoms with Crippen molar-refractivity contribution in [3.05, 3.63) is 205 Å². The van der Waals surface area contributed by atoms with Gasteiger partial charge in [0.1, 0.15) is 13.2 Å². The van der Waals surface area contributed by atoms with Crippen molar-refractivity contribution >= 4 is 49.3 Å². The van der Waals surface area contributed by atoms with Crippen LogP contribution in [0.2, 0.25) is 10.1 Å². The van der Waals surface area contributed by atoms with Crippen molar-refractivity contribution in [2.24, 2.45) is 0 Å². The van der Waals surface area contributed by atoms with Gasteiger partial charge < -0.3 is 18.3 Å². The maximum Gasteiger partial charge on any atom is 0.376 e. The highest BCUT2D eigenvalue weighted by Gasteiger charge is 2.57. The monoisotopic (exact) mass is 804 g/mol. The van der Waals surface area contributed by atoms with E-state index in [4.69, 9.17) is 18.3 Å². The molecular weight excluding hydrogens is 753 g/mol. The molecule has 0 atom stereocenters. The van der Waals surface area contributed by atoms with Crippen molar-refractivity contribution < 1.29 is 27.9 Å². The minimum absolute atomic E-state index is 0.0567. The minimum Gasteiger partial charge on any atom is -0.526 e. The second-order valence-electron chi connectivity index (χ2n) is 16.3. The average molecular weight is 805 g/mol. The van der Waals surface area contributed by atoms with Gasteiger partial charge in [-0.3, -0.25) is 0 Å². The molecule has 0 fully saturated rings. The number of hydrogen-bond acceptors (Lipinski definition) is 6. The number of benzene rings is 6. The maximum atomic E-state index is 15.2. The Morgan fingerprint density at radius 2 is 0.603 bits per heavy atom. The van der Waals surface area contributed by atoms with E-state index in [0.717, 1.165) is 31.9 Å². The van der Waals surface area contributed by atoms with Gasteiger partial charge in [-0.15, -0.1) is 0 Å². The standard InChI is InChI=1S/C50H52O6Si2/c1-49(2,3)57(41-29-17-9-18-30-41,42-31-19-10-20-32-42)55-45(47(51)53-37-39-25-13-7-14-26-39)46(48(52)54-38-40-27-15-8-16-28-40)56-58(50(4,5)6,43-33-21-11-22-34-43)44-35-23-12-24-36-44/h7-36H,37-38H2,1-6H3. The molecule has 0 aliphatic carbocycles. The zero-order chi connectivity index (χ0) is 41.2. The Morgan fingerprint density at radius 3 is 0.828 bits per heavy atom. The molecule has 296 valence electrons. The summed E-state index contributed by atoms with van der Waals surface area (Å²) >= 11 is 0. The number of ether oxygens (including phenoxy) is 2. The molecule has 6 nitrogen and oxygen atoms in total. The second-order valence-corrected chi connectivity index (χ2v) is 24.8. The molecule has 0 saturated carbocycles. The van der Waals surface area contributed by atoms with Crippen LogP contribution in [0.4, 0.5) is 0 Å². The van der Waals surface area contributed by atoms with E-state index < -0.39 is 38.6 Å². The summed E-state index contributed by atoms with van der Waals surface area (Å²) in [6.45, 7) is 12.6. The smallest absolute Gasteiger partial charge is 0.376 e. The van der Waals surface area contributed by atoms with Crippen LogP contribution in [-0.4, -0.2) is 28.6 Å². The predicted octanol–water partition coefficient (Wildman–Crippen LogP) is 8.84. The van der Waals surface area contributed by atoms with Crippen LogP contribution in [0.3, 0.4) is 0 Å². The molecule has 0 radical (unpaired) electrons. The highest BCUT2D eigenvalue weighted by Crippen LogP contribution is 2.42. The fourth-order valence-electron chi connectivity index (χ4n) is 7.54. The van der Waals surface area contributed by atoms with Crippen LogP contribution in [0.5, 0.6) is 0 Å². The number of carbonyl (C=O) groups excluding carboxylic acids is 2. The van der Waals surface area contributed by atoms with Gasteiger partial charge in [-0.1, -0.05) is 224 Å². The molecule has 6 rings (SSSR count). The van der Waals surface area contributed by atoms with Gasteiger partial charge in [0.15, 0.2) is 0 Å². The molecular formula is C50H52O6Si2. The van der Waals surface area contributed by atoms with Crippen LogP contribution in [0.25, 0.3) is 0 Å². The lowest BCUT2D eigenvalue weighted by Gasteiger charge is -2.45. The van der Waals surface area contributed by atoms with Crippen molar-refractivity contribution in [1.29, 1.82) is 0 Å². The lowest BCUT2D eigenvalue weighted by Crippen LogP contribution is -2.68. The summed E-state index contributed by atoms with van der Waals surface area (Å²) in [6.07, 6.45) is 0. The van der Waals surface area contributed by atoms with Gasteiger partial charge in [-0.25, -0.2) is 9.59 Å². The first-order valence-corrected chi connectivity index (χ1v) is 23.4. The minimum atomic E-state index is -3.59. The van der Waals surface area contributed by atoms with Crippen LogP contribution in [-0.2, 0) is 41.1 Å².